The zero-order chi connectivity index (χ0) is 19.6. The van der Waals surface area contributed by atoms with Crippen LogP contribution in [-0.2, 0) is 18.7 Å². The van der Waals surface area contributed by atoms with Gasteiger partial charge in [0.15, 0.2) is 5.16 Å². The highest BCUT2D eigenvalue weighted by molar-refractivity contribution is 7.98. The Bertz CT molecular complexity index is 1080. The Morgan fingerprint density at radius 1 is 1.17 bits per heavy atom. The summed E-state index contributed by atoms with van der Waals surface area (Å²) < 4.78 is 7.74. The predicted octanol–water partition coefficient (Wildman–Crippen LogP) is 5.79. The van der Waals surface area contributed by atoms with Gasteiger partial charge in [-0.15, -0.1) is 21.5 Å². The van der Waals surface area contributed by atoms with Crippen molar-refractivity contribution in [2.45, 2.75) is 42.6 Å². The summed E-state index contributed by atoms with van der Waals surface area (Å²) in [5.41, 5.74) is 2.29. The second-order valence-electron chi connectivity index (χ2n) is 7.11. The molecule has 0 N–H and O–H groups in total. The van der Waals surface area contributed by atoms with Crippen LogP contribution >= 0.6 is 34.7 Å². The van der Waals surface area contributed by atoms with Gasteiger partial charge in [-0.3, -0.25) is 4.57 Å². The van der Waals surface area contributed by atoms with Gasteiger partial charge in [-0.25, -0.2) is 4.98 Å². The zero-order valence-electron chi connectivity index (χ0n) is 15.6. The molecule has 1 aliphatic carbocycles. The Kier molecular flexibility index (Phi) is 5.44. The van der Waals surface area contributed by atoms with Crippen molar-refractivity contribution in [2.75, 3.05) is 0 Å². The van der Waals surface area contributed by atoms with Crippen molar-refractivity contribution >= 4 is 34.7 Å². The lowest BCUT2D eigenvalue weighted by Crippen LogP contribution is -2.05. The predicted molar refractivity (Wildman–Crippen MR) is 116 cm³/mol. The van der Waals surface area contributed by atoms with Crippen molar-refractivity contribution in [1.29, 1.82) is 0 Å². The minimum absolute atomic E-state index is 0.539. The highest BCUT2D eigenvalue weighted by atomic mass is 35.5. The molecule has 0 amide bonds. The number of hydrogen-bond acceptors (Lipinski definition) is 6. The first-order chi connectivity index (χ1) is 14.2. The molecule has 4 aromatic rings. The van der Waals surface area contributed by atoms with Crippen molar-refractivity contribution in [3.05, 3.63) is 80.9 Å². The van der Waals surface area contributed by atoms with Crippen LogP contribution in [0.3, 0.4) is 0 Å². The lowest BCUT2D eigenvalue weighted by Gasteiger charge is -2.07. The van der Waals surface area contributed by atoms with Crippen molar-refractivity contribution < 1.29 is 4.42 Å². The number of rotatable bonds is 8. The number of aromatic nitrogens is 4. The minimum Gasteiger partial charge on any atom is -0.467 e. The maximum absolute atomic E-state index is 5.97. The third-order valence-electron chi connectivity index (χ3n) is 4.80. The fourth-order valence-corrected chi connectivity index (χ4v) is 5.07. The average molecular weight is 443 g/mol. The van der Waals surface area contributed by atoms with Gasteiger partial charge in [0.1, 0.15) is 11.6 Å². The van der Waals surface area contributed by atoms with E-state index in [1.807, 2.05) is 24.3 Å². The first kappa shape index (κ1) is 18.9. The van der Waals surface area contributed by atoms with Gasteiger partial charge in [-0.1, -0.05) is 35.5 Å². The number of benzene rings is 1. The average Bonchev–Trinajstić information content (AvgIpc) is 3.10. The minimum atomic E-state index is 0.539. The molecule has 3 aromatic heterocycles. The molecule has 5 nitrogen and oxygen atoms in total. The molecule has 1 aromatic carbocycles. The molecule has 1 aliphatic rings. The summed E-state index contributed by atoms with van der Waals surface area (Å²) in [6.07, 6.45) is 4.93. The summed E-state index contributed by atoms with van der Waals surface area (Å²) in [5.74, 6) is 3.31. The molecule has 3 heterocycles. The van der Waals surface area contributed by atoms with E-state index in [1.54, 1.807) is 29.4 Å². The number of thioether (sulfide) groups is 1. The molecule has 0 atom stereocenters. The van der Waals surface area contributed by atoms with Gasteiger partial charge < -0.3 is 4.42 Å². The summed E-state index contributed by atoms with van der Waals surface area (Å²) >= 11 is 9.35. The van der Waals surface area contributed by atoms with Gasteiger partial charge in [-0.2, -0.15) is 0 Å². The van der Waals surface area contributed by atoms with Crippen LogP contribution in [0.25, 0.3) is 0 Å². The topological polar surface area (TPSA) is 56.7 Å². The number of hydrogen-bond donors (Lipinski definition) is 0. The van der Waals surface area contributed by atoms with E-state index in [0.717, 1.165) is 44.6 Å². The third-order valence-corrected chi connectivity index (χ3v) is 6.95. The standard InChI is InChI=1S/C21H19ClN4OS2/c22-16-7-3-14(4-8-16)10-19-23-17(12-28-19)13-29-21-25-24-20(15-5-6-15)26(21)11-18-2-1-9-27-18/h1-4,7-9,12,15H,5-6,10-11,13H2. The van der Waals surface area contributed by atoms with Crippen LogP contribution in [0.5, 0.6) is 0 Å². The molecule has 0 spiro atoms. The summed E-state index contributed by atoms with van der Waals surface area (Å²) in [6.45, 7) is 0.674. The van der Waals surface area contributed by atoms with Crippen LogP contribution < -0.4 is 0 Å². The summed E-state index contributed by atoms with van der Waals surface area (Å²) in [6, 6.07) is 11.9. The Morgan fingerprint density at radius 3 is 2.79 bits per heavy atom. The second kappa shape index (κ2) is 8.34. The Morgan fingerprint density at radius 2 is 2.03 bits per heavy atom. The first-order valence-electron chi connectivity index (χ1n) is 9.50. The maximum atomic E-state index is 5.97. The molecular formula is C21H19ClN4OS2. The van der Waals surface area contributed by atoms with Crippen LogP contribution in [0.15, 0.2) is 57.6 Å². The Hall–Kier alpha value is -2.09. The van der Waals surface area contributed by atoms with Gasteiger partial charge in [0.05, 0.1) is 23.5 Å². The van der Waals surface area contributed by atoms with E-state index in [9.17, 15) is 0 Å². The molecule has 1 saturated carbocycles. The summed E-state index contributed by atoms with van der Waals surface area (Å²) in [5, 5.41) is 13.8. The van der Waals surface area contributed by atoms with Crippen LogP contribution in [0.2, 0.25) is 5.02 Å². The zero-order valence-corrected chi connectivity index (χ0v) is 18.0. The van der Waals surface area contributed by atoms with Crippen molar-refractivity contribution in [2.24, 2.45) is 0 Å². The number of halogens is 1. The molecule has 0 bridgehead atoms. The lowest BCUT2D eigenvalue weighted by atomic mass is 10.2. The van der Waals surface area contributed by atoms with E-state index >= 15 is 0 Å². The van der Waals surface area contributed by atoms with E-state index in [-0.39, 0.29) is 0 Å². The van der Waals surface area contributed by atoms with Gasteiger partial charge in [-0.05, 0) is 42.7 Å². The van der Waals surface area contributed by atoms with Gasteiger partial charge in [0, 0.05) is 28.5 Å². The quantitative estimate of drug-likeness (QED) is 0.323. The van der Waals surface area contributed by atoms with Crippen LogP contribution in [-0.4, -0.2) is 19.7 Å². The van der Waals surface area contributed by atoms with Crippen LogP contribution in [0.1, 0.15) is 46.6 Å². The van der Waals surface area contributed by atoms with E-state index in [4.69, 9.17) is 21.0 Å². The fourth-order valence-electron chi connectivity index (χ4n) is 3.17. The van der Waals surface area contributed by atoms with E-state index in [0.29, 0.717) is 12.5 Å². The number of furan rings is 1. The first-order valence-corrected chi connectivity index (χ1v) is 11.7. The molecule has 0 aliphatic heterocycles. The molecule has 5 rings (SSSR count). The molecule has 0 radical (unpaired) electrons. The SMILES string of the molecule is Clc1ccc(Cc2nc(CSc3nnc(C4CC4)n3Cc3ccco3)cs2)cc1. The second-order valence-corrected chi connectivity index (χ2v) is 9.43. The number of nitrogens with zero attached hydrogens (tertiary/aromatic N) is 4. The Balaban J connectivity index is 1.27. The number of thiazole rings is 1. The monoisotopic (exact) mass is 442 g/mol. The summed E-state index contributed by atoms with van der Waals surface area (Å²) in [7, 11) is 0. The van der Waals surface area contributed by atoms with Crippen LogP contribution in [0, 0.1) is 0 Å². The fraction of sp³-hybridized carbons (Fsp3) is 0.286. The highest BCUT2D eigenvalue weighted by Crippen LogP contribution is 2.40. The lowest BCUT2D eigenvalue weighted by molar-refractivity contribution is 0.478. The highest BCUT2D eigenvalue weighted by Gasteiger charge is 2.30. The maximum Gasteiger partial charge on any atom is 0.192 e. The van der Waals surface area contributed by atoms with Crippen molar-refractivity contribution in [3.63, 3.8) is 0 Å². The molecule has 1 fully saturated rings. The van der Waals surface area contributed by atoms with Gasteiger partial charge in [0.25, 0.3) is 0 Å². The largest absolute Gasteiger partial charge is 0.467 e. The smallest absolute Gasteiger partial charge is 0.192 e. The third kappa shape index (κ3) is 4.57. The summed E-state index contributed by atoms with van der Waals surface area (Å²) in [4.78, 5) is 4.79. The molecule has 0 unspecified atom stereocenters. The van der Waals surface area contributed by atoms with Gasteiger partial charge in [0.2, 0.25) is 0 Å². The molecule has 148 valence electrons. The molecule has 8 heteroatoms. The molecule has 29 heavy (non-hydrogen) atoms. The van der Waals surface area contributed by atoms with Crippen LogP contribution in [0.4, 0.5) is 0 Å². The normalized spacial score (nSPS) is 13.8. The van der Waals surface area contributed by atoms with E-state index < -0.39 is 0 Å². The molecular weight excluding hydrogens is 424 g/mol. The van der Waals surface area contributed by atoms with Crippen molar-refractivity contribution in [1.82, 2.24) is 19.7 Å². The van der Waals surface area contributed by atoms with Gasteiger partial charge >= 0.3 is 0 Å². The van der Waals surface area contributed by atoms with E-state index in [2.05, 4.69) is 32.3 Å². The Labute approximate surface area is 182 Å². The van der Waals surface area contributed by atoms with E-state index in [1.165, 1.54) is 18.4 Å². The van der Waals surface area contributed by atoms with Crippen molar-refractivity contribution in [3.8, 4) is 0 Å². The molecule has 0 saturated heterocycles.